The Morgan fingerprint density at radius 3 is 2.00 bits per heavy atom. The summed E-state index contributed by atoms with van der Waals surface area (Å²) in [5.41, 5.74) is -1.71. The Hall–Kier alpha value is -2.07. The zero-order valence-corrected chi connectivity index (χ0v) is 14.8. The molecule has 10 heteroatoms. The fourth-order valence-corrected chi connectivity index (χ4v) is 4.45. The van der Waals surface area contributed by atoms with Gasteiger partial charge in [-0.2, -0.15) is 4.31 Å². The van der Waals surface area contributed by atoms with Crippen molar-refractivity contribution < 1.29 is 31.9 Å². The third-order valence-electron chi connectivity index (χ3n) is 4.99. The predicted octanol–water partition coefficient (Wildman–Crippen LogP) is 1.26. The van der Waals surface area contributed by atoms with E-state index in [0.717, 1.165) is 0 Å². The van der Waals surface area contributed by atoms with E-state index in [4.69, 9.17) is 5.11 Å². The number of carboxylic acid groups (broad SMARTS) is 1. The molecule has 1 aromatic rings. The number of halogens is 2. The Labute approximate surface area is 149 Å². The van der Waals surface area contributed by atoms with E-state index in [9.17, 15) is 26.8 Å². The monoisotopic (exact) mass is 388 g/mol. The highest BCUT2D eigenvalue weighted by Crippen LogP contribution is 2.61. The van der Waals surface area contributed by atoms with Gasteiger partial charge in [0.15, 0.2) is 0 Å². The summed E-state index contributed by atoms with van der Waals surface area (Å²) in [4.78, 5) is 24.3. The predicted molar refractivity (Wildman–Crippen MR) is 86.4 cm³/mol. The van der Waals surface area contributed by atoms with Gasteiger partial charge in [-0.25, -0.2) is 22.0 Å². The summed E-state index contributed by atoms with van der Waals surface area (Å²) in [6, 6.07) is 4.82. The summed E-state index contributed by atoms with van der Waals surface area (Å²) in [7, 11) is -3.84. The van der Waals surface area contributed by atoms with E-state index < -0.39 is 39.7 Å². The van der Waals surface area contributed by atoms with Crippen LogP contribution in [0.25, 0.3) is 0 Å². The van der Waals surface area contributed by atoms with Crippen LogP contribution in [0, 0.1) is 5.41 Å². The molecule has 1 saturated carbocycles. The number of carbonyl (C=O) groups excluding carboxylic acids is 1. The first-order valence-corrected chi connectivity index (χ1v) is 9.44. The van der Waals surface area contributed by atoms with Crippen LogP contribution in [-0.2, 0) is 14.8 Å². The number of piperazine rings is 1. The molecule has 1 N–H and O–H groups in total. The Bertz CT molecular complexity index is 848. The number of hydrogen-bond acceptors (Lipinski definition) is 4. The van der Waals surface area contributed by atoms with Crippen LogP contribution < -0.4 is 0 Å². The van der Waals surface area contributed by atoms with Crippen molar-refractivity contribution in [1.29, 1.82) is 0 Å². The number of benzene rings is 1. The van der Waals surface area contributed by atoms with Crippen LogP contribution in [0.4, 0.5) is 8.78 Å². The van der Waals surface area contributed by atoms with Gasteiger partial charge < -0.3 is 10.0 Å². The summed E-state index contributed by atoms with van der Waals surface area (Å²) in [6.07, 6.45) is -0.479. The molecule has 1 aliphatic heterocycles. The van der Waals surface area contributed by atoms with Gasteiger partial charge in [-0.15, -0.1) is 0 Å². The van der Waals surface area contributed by atoms with E-state index in [-0.39, 0.29) is 36.6 Å². The number of carbonyl (C=O) groups is 2. The third-order valence-corrected chi connectivity index (χ3v) is 6.91. The van der Waals surface area contributed by atoms with Crippen LogP contribution in [0.3, 0.4) is 0 Å². The molecule has 0 spiro atoms. The van der Waals surface area contributed by atoms with Gasteiger partial charge in [0.2, 0.25) is 15.9 Å². The van der Waals surface area contributed by atoms with Gasteiger partial charge in [-0.3, -0.25) is 4.79 Å². The van der Waals surface area contributed by atoms with Crippen LogP contribution in [0.15, 0.2) is 29.2 Å². The molecule has 0 radical (unpaired) electrons. The second-order valence-corrected chi connectivity index (χ2v) is 8.68. The minimum absolute atomic E-state index is 0.00356. The number of carboxylic acids is 1. The maximum atomic E-state index is 13.4. The lowest BCUT2D eigenvalue weighted by atomic mass is 10.1. The number of amides is 1. The van der Waals surface area contributed by atoms with Crippen molar-refractivity contribution in [3.05, 3.63) is 29.8 Å². The average Bonchev–Trinajstić information content (AvgIpc) is 3.13. The van der Waals surface area contributed by atoms with Gasteiger partial charge in [0.05, 0.1) is 10.5 Å². The molecule has 1 aromatic carbocycles. The molecule has 0 bridgehead atoms. The van der Waals surface area contributed by atoms with E-state index in [1.54, 1.807) is 0 Å². The van der Waals surface area contributed by atoms with Crippen molar-refractivity contribution in [2.75, 3.05) is 26.2 Å². The highest BCUT2D eigenvalue weighted by molar-refractivity contribution is 7.89. The number of sulfonamides is 1. The first-order valence-electron chi connectivity index (χ1n) is 8.00. The highest BCUT2D eigenvalue weighted by atomic mass is 32.2. The van der Waals surface area contributed by atoms with Crippen molar-refractivity contribution in [3.8, 4) is 0 Å². The van der Waals surface area contributed by atoms with E-state index in [0.29, 0.717) is 0 Å². The second kappa shape index (κ2) is 5.98. The maximum absolute atomic E-state index is 13.4. The van der Waals surface area contributed by atoms with Crippen molar-refractivity contribution >= 4 is 21.9 Å². The van der Waals surface area contributed by atoms with Crippen LogP contribution in [-0.4, -0.2) is 66.7 Å². The Morgan fingerprint density at radius 2 is 1.58 bits per heavy atom. The first-order chi connectivity index (χ1) is 12.0. The molecule has 3 rings (SSSR count). The highest BCUT2D eigenvalue weighted by Gasteiger charge is 2.73. The van der Waals surface area contributed by atoms with Crippen LogP contribution in [0.2, 0.25) is 0 Å². The van der Waals surface area contributed by atoms with E-state index in [2.05, 4.69) is 0 Å². The molecular weight excluding hydrogens is 370 g/mol. The summed E-state index contributed by atoms with van der Waals surface area (Å²) in [6.45, 7) is 1.29. The lowest BCUT2D eigenvalue weighted by Gasteiger charge is -2.35. The molecule has 1 heterocycles. The van der Waals surface area contributed by atoms with Gasteiger partial charge in [0.25, 0.3) is 5.92 Å². The zero-order valence-electron chi connectivity index (χ0n) is 14.0. The van der Waals surface area contributed by atoms with Gasteiger partial charge in [-0.05, 0) is 31.2 Å². The molecule has 1 aliphatic carbocycles. The molecule has 2 aliphatic rings. The minimum Gasteiger partial charge on any atom is -0.478 e. The fourth-order valence-electron chi connectivity index (χ4n) is 3.03. The molecule has 1 saturated heterocycles. The second-order valence-electron chi connectivity index (χ2n) is 6.74. The fraction of sp³-hybridized carbons (Fsp3) is 0.500. The standard InChI is InChI=1S/C16H18F2N2O5S/c1-15(10-16(15,17)18)14(23)19-6-8-20(9-7-19)26(24,25)12-4-2-11(3-5-12)13(21)22/h2-5H,6-10H2,1H3,(H,21,22). The quantitative estimate of drug-likeness (QED) is 0.838. The normalized spacial score (nSPS) is 25.7. The van der Waals surface area contributed by atoms with Crippen LogP contribution in [0.5, 0.6) is 0 Å². The third kappa shape index (κ3) is 2.96. The SMILES string of the molecule is CC1(C(=O)N2CCN(S(=O)(=O)c3ccc(C(=O)O)cc3)CC2)CC1(F)F. The number of nitrogens with zero attached hydrogens (tertiary/aromatic N) is 2. The van der Waals surface area contributed by atoms with Gasteiger partial charge in [0.1, 0.15) is 5.41 Å². The van der Waals surface area contributed by atoms with Crippen LogP contribution in [0.1, 0.15) is 23.7 Å². The van der Waals surface area contributed by atoms with Gasteiger partial charge in [0, 0.05) is 32.6 Å². The van der Waals surface area contributed by atoms with Crippen molar-refractivity contribution in [1.82, 2.24) is 9.21 Å². The van der Waals surface area contributed by atoms with Crippen LogP contribution >= 0.6 is 0 Å². The minimum atomic E-state index is -3.84. The largest absolute Gasteiger partial charge is 0.478 e. The number of hydrogen-bond donors (Lipinski definition) is 1. The van der Waals surface area contributed by atoms with Gasteiger partial charge >= 0.3 is 5.97 Å². The van der Waals surface area contributed by atoms with Crippen molar-refractivity contribution in [2.45, 2.75) is 24.2 Å². The lowest BCUT2D eigenvalue weighted by molar-refractivity contribution is -0.141. The molecule has 1 atom stereocenters. The van der Waals surface area contributed by atoms with Crippen molar-refractivity contribution in [3.63, 3.8) is 0 Å². The summed E-state index contributed by atoms with van der Waals surface area (Å²) in [5, 5.41) is 8.87. The lowest BCUT2D eigenvalue weighted by Crippen LogP contribution is -2.52. The van der Waals surface area contributed by atoms with Gasteiger partial charge in [-0.1, -0.05) is 0 Å². The van der Waals surface area contributed by atoms with E-state index in [1.807, 2.05) is 0 Å². The molecule has 0 aromatic heterocycles. The van der Waals surface area contributed by atoms with E-state index in [1.165, 1.54) is 40.4 Å². The Morgan fingerprint density at radius 1 is 1.08 bits per heavy atom. The average molecular weight is 388 g/mol. The molecular formula is C16H18F2N2O5S. The first kappa shape index (κ1) is 18.7. The summed E-state index contributed by atoms with van der Waals surface area (Å²) >= 11 is 0. The summed E-state index contributed by atoms with van der Waals surface area (Å²) < 4.78 is 53.1. The smallest absolute Gasteiger partial charge is 0.335 e. The number of alkyl halides is 2. The molecule has 26 heavy (non-hydrogen) atoms. The molecule has 1 unspecified atom stereocenters. The van der Waals surface area contributed by atoms with Crippen molar-refractivity contribution in [2.24, 2.45) is 5.41 Å². The topological polar surface area (TPSA) is 95.0 Å². The molecule has 2 fully saturated rings. The summed E-state index contributed by atoms with van der Waals surface area (Å²) in [5.74, 6) is -4.81. The Balaban J connectivity index is 1.67. The number of rotatable bonds is 4. The molecule has 1 amide bonds. The van der Waals surface area contributed by atoms with E-state index >= 15 is 0 Å². The molecule has 7 nitrogen and oxygen atoms in total. The maximum Gasteiger partial charge on any atom is 0.335 e. The number of aromatic carboxylic acids is 1. The Kier molecular flexibility index (Phi) is 4.31. The molecule has 142 valence electrons. The zero-order chi connectivity index (χ0) is 19.3.